The zero-order valence-corrected chi connectivity index (χ0v) is 9.46. The second-order valence-electron chi connectivity index (χ2n) is 3.21. The Morgan fingerprint density at radius 1 is 1.46 bits per heavy atom. The van der Waals surface area contributed by atoms with Crippen molar-refractivity contribution in [3.8, 4) is 0 Å². The lowest BCUT2D eigenvalue weighted by Crippen LogP contribution is -2.00. The summed E-state index contributed by atoms with van der Waals surface area (Å²) in [6, 6.07) is 8.84. The number of hydrogen-bond acceptors (Lipinski definition) is 2. The van der Waals surface area contributed by atoms with E-state index < -0.39 is 0 Å². The Kier molecular flexibility index (Phi) is 3.23. The third-order valence-corrected chi connectivity index (χ3v) is 4.62. The first-order valence-corrected chi connectivity index (χ1v) is 6.85. The maximum atomic E-state index is 2.29. The minimum absolute atomic E-state index is 0.797. The van der Waals surface area contributed by atoms with Gasteiger partial charge in [0.05, 0.1) is 0 Å². The van der Waals surface area contributed by atoms with Gasteiger partial charge in [0.1, 0.15) is 0 Å². The lowest BCUT2D eigenvalue weighted by molar-refractivity contribution is 0.896. The van der Waals surface area contributed by atoms with Gasteiger partial charge >= 0.3 is 0 Å². The highest BCUT2D eigenvalue weighted by Gasteiger charge is 2.21. The van der Waals surface area contributed by atoms with E-state index in [4.69, 9.17) is 0 Å². The van der Waals surface area contributed by atoms with Crippen LogP contribution in [0.1, 0.15) is 18.4 Å². The summed E-state index contributed by atoms with van der Waals surface area (Å²) in [5.41, 5.74) is 1.58. The summed E-state index contributed by atoms with van der Waals surface area (Å²) in [7, 11) is 0. The third kappa shape index (κ3) is 2.05. The largest absolute Gasteiger partial charge is 0.162 e. The predicted octanol–water partition coefficient (Wildman–Crippen LogP) is 3.63. The first kappa shape index (κ1) is 9.47. The molecule has 0 bridgehead atoms. The van der Waals surface area contributed by atoms with Crippen molar-refractivity contribution in [2.75, 3.05) is 17.3 Å². The summed E-state index contributed by atoms with van der Waals surface area (Å²) in [5, 5.41) is 0. The van der Waals surface area contributed by atoms with E-state index in [9.17, 15) is 0 Å². The van der Waals surface area contributed by atoms with E-state index in [-0.39, 0.29) is 0 Å². The second-order valence-corrected chi connectivity index (χ2v) is 5.59. The topological polar surface area (TPSA) is 0 Å². The molecule has 13 heavy (non-hydrogen) atoms. The Morgan fingerprint density at radius 2 is 2.31 bits per heavy atom. The highest BCUT2D eigenvalue weighted by molar-refractivity contribution is 8.00. The molecule has 0 aromatic heterocycles. The van der Waals surface area contributed by atoms with Crippen molar-refractivity contribution >= 4 is 23.5 Å². The fourth-order valence-electron chi connectivity index (χ4n) is 1.63. The smallest absolute Gasteiger partial charge is 0.0108 e. The quantitative estimate of drug-likeness (QED) is 0.747. The van der Waals surface area contributed by atoms with Gasteiger partial charge in [-0.05, 0) is 17.4 Å². The molecule has 0 saturated heterocycles. The molecule has 1 heterocycles. The summed E-state index contributed by atoms with van der Waals surface area (Å²) in [6.07, 6.45) is 0. The van der Waals surface area contributed by atoms with Crippen LogP contribution in [0.15, 0.2) is 29.2 Å². The van der Waals surface area contributed by atoms with E-state index >= 15 is 0 Å². The highest BCUT2D eigenvalue weighted by atomic mass is 32.2. The van der Waals surface area contributed by atoms with Crippen LogP contribution in [0.5, 0.6) is 0 Å². The number of rotatable bonds is 3. The van der Waals surface area contributed by atoms with Gasteiger partial charge in [0, 0.05) is 22.3 Å². The molecule has 2 heteroatoms. The van der Waals surface area contributed by atoms with Crippen molar-refractivity contribution in [3.05, 3.63) is 29.8 Å². The van der Waals surface area contributed by atoms with Crippen molar-refractivity contribution in [3.63, 3.8) is 0 Å². The summed E-state index contributed by atoms with van der Waals surface area (Å²) in [6.45, 7) is 2.23. The van der Waals surface area contributed by atoms with Crippen LogP contribution in [-0.4, -0.2) is 17.3 Å². The molecule has 0 spiro atoms. The maximum absolute atomic E-state index is 2.29. The van der Waals surface area contributed by atoms with E-state index in [0.29, 0.717) is 0 Å². The molecule has 1 aromatic rings. The molecule has 70 valence electrons. The van der Waals surface area contributed by atoms with Crippen LogP contribution in [0, 0.1) is 0 Å². The third-order valence-electron chi connectivity index (χ3n) is 2.32. The Labute approximate surface area is 88.5 Å². The summed E-state index contributed by atoms with van der Waals surface area (Å²) < 4.78 is 0. The zero-order valence-electron chi connectivity index (χ0n) is 7.82. The minimum Gasteiger partial charge on any atom is -0.162 e. The summed E-state index contributed by atoms with van der Waals surface area (Å²) in [4.78, 5) is 1.50. The Morgan fingerprint density at radius 3 is 3.15 bits per heavy atom. The van der Waals surface area contributed by atoms with Crippen molar-refractivity contribution < 1.29 is 0 Å². The molecule has 0 N–H and O–H groups in total. The fourth-order valence-corrected chi connectivity index (χ4v) is 3.85. The van der Waals surface area contributed by atoms with Gasteiger partial charge < -0.3 is 0 Å². The van der Waals surface area contributed by atoms with Gasteiger partial charge in [-0.2, -0.15) is 11.8 Å². The number of fused-ring (bicyclic) bond motifs is 1. The van der Waals surface area contributed by atoms with Crippen LogP contribution in [0.3, 0.4) is 0 Å². The van der Waals surface area contributed by atoms with Gasteiger partial charge in [-0.25, -0.2) is 0 Å². The minimum atomic E-state index is 0.797. The molecule has 1 unspecified atom stereocenters. The van der Waals surface area contributed by atoms with Crippen molar-refractivity contribution in [1.82, 2.24) is 0 Å². The molecule has 0 radical (unpaired) electrons. The van der Waals surface area contributed by atoms with Crippen molar-refractivity contribution in [2.24, 2.45) is 0 Å². The molecular formula is C11H14S2. The van der Waals surface area contributed by atoms with E-state index in [2.05, 4.69) is 43.0 Å². The SMILES string of the molecule is CCSCC1CSc2ccccc21. The molecule has 1 aliphatic heterocycles. The second kappa shape index (κ2) is 4.43. The Bertz CT molecular complexity index is 283. The first-order chi connectivity index (χ1) is 6.42. The molecule has 1 aromatic carbocycles. The molecule has 1 aliphatic rings. The van der Waals surface area contributed by atoms with Crippen LogP contribution >= 0.6 is 23.5 Å². The molecule has 0 aliphatic carbocycles. The highest BCUT2D eigenvalue weighted by Crippen LogP contribution is 2.40. The fraction of sp³-hybridized carbons (Fsp3) is 0.455. The van der Waals surface area contributed by atoms with Gasteiger partial charge in [0.2, 0.25) is 0 Å². The van der Waals surface area contributed by atoms with Gasteiger partial charge in [-0.15, -0.1) is 11.8 Å². The van der Waals surface area contributed by atoms with Gasteiger partial charge in [0.15, 0.2) is 0 Å². The zero-order chi connectivity index (χ0) is 9.10. The van der Waals surface area contributed by atoms with Crippen LogP contribution in [0.25, 0.3) is 0 Å². The van der Waals surface area contributed by atoms with E-state index in [1.54, 1.807) is 5.56 Å². The van der Waals surface area contributed by atoms with E-state index in [1.807, 2.05) is 11.8 Å². The summed E-state index contributed by atoms with van der Waals surface area (Å²) >= 11 is 4.07. The van der Waals surface area contributed by atoms with Gasteiger partial charge in [-0.3, -0.25) is 0 Å². The lowest BCUT2D eigenvalue weighted by atomic mass is 10.0. The van der Waals surface area contributed by atoms with Gasteiger partial charge in [-0.1, -0.05) is 25.1 Å². The normalized spacial score (nSPS) is 20.2. The van der Waals surface area contributed by atoms with Crippen molar-refractivity contribution in [1.29, 1.82) is 0 Å². The van der Waals surface area contributed by atoms with Crippen LogP contribution < -0.4 is 0 Å². The van der Waals surface area contributed by atoms with Crippen LogP contribution in [-0.2, 0) is 0 Å². The van der Waals surface area contributed by atoms with Gasteiger partial charge in [0.25, 0.3) is 0 Å². The Hall–Kier alpha value is -0.0800. The summed E-state index contributed by atoms with van der Waals surface area (Å²) in [5.74, 6) is 4.61. The average molecular weight is 210 g/mol. The van der Waals surface area contributed by atoms with Crippen LogP contribution in [0.2, 0.25) is 0 Å². The molecular weight excluding hydrogens is 196 g/mol. The average Bonchev–Trinajstić information content (AvgIpc) is 2.58. The molecule has 0 fully saturated rings. The predicted molar refractivity (Wildman–Crippen MR) is 62.9 cm³/mol. The maximum Gasteiger partial charge on any atom is 0.0108 e. The molecule has 0 saturated carbocycles. The number of benzene rings is 1. The molecule has 0 amide bonds. The monoisotopic (exact) mass is 210 g/mol. The molecule has 0 nitrogen and oxygen atoms in total. The van der Waals surface area contributed by atoms with Crippen molar-refractivity contribution in [2.45, 2.75) is 17.7 Å². The molecule has 2 rings (SSSR count). The standard InChI is InChI=1S/C11H14S2/c1-2-12-7-9-8-13-11-6-4-3-5-10(9)11/h3-6,9H,2,7-8H2,1H3. The van der Waals surface area contributed by atoms with Crippen LogP contribution in [0.4, 0.5) is 0 Å². The number of thioether (sulfide) groups is 2. The Balaban J connectivity index is 2.09. The van der Waals surface area contributed by atoms with E-state index in [1.165, 1.54) is 22.2 Å². The number of hydrogen-bond donors (Lipinski definition) is 0. The lowest BCUT2D eigenvalue weighted by Gasteiger charge is -2.08. The molecule has 1 atom stereocenters. The first-order valence-electron chi connectivity index (χ1n) is 4.71. The van der Waals surface area contributed by atoms with E-state index in [0.717, 1.165) is 5.92 Å².